The minimum absolute atomic E-state index is 0.131. The molecule has 0 spiro atoms. The predicted molar refractivity (Wildman–Crippen MR) is 74.9 cm³/mol. The summed E-state index contributed by atoms with van der Waals surface area (Å²) >= 11 is 5.94. The summed E-state index contributed by atoms with van der Waals surface area (Å²) in [7, 11) is 3.71. The maximum atomic E-state index is 13.9. The third kappa shape index (κ3) is 3.14. The van der Waals surface area contributed by atoms with Crippen LogP contribution in [0.15, 0.2) is 24.3 Å². The molecule has 0 radical (unpaired) electrons. The van der Waals surface area contributed by atoms with E-state index in [9.17, 15) is 4.39 Å². The maximum Gasteiger partial charge on any atom is 0.128 e. The van der Waals surface area contributed by atoms with E-state index >= 15 is 0 Å². The molecule has 0 saturated heterocycles. The molecular weight excluding hydrogens is 265 g/mol. The Bertz CT molecular complexity index is 580. The lowest BCUT2D eigenvalue weighted by atomic mass is 10.0. The first-order chi connectivity index (χ1) is 9.01. The van der Waals surface area contributed by atoms with Gasteiger partial charge in [0, 0.05) is 35.8 Å². The second-order valence-electron chi connectivity index (χ2n) is 4.61. The molecule has 1 unspecified atom stereocenters. The predicted octanol–water partition coefficient (Wildman–Crippen LogP) is 3.02. The smallest absolute Gasteiger partial charge is 0.128 e. The minimum atomic E-state index is -0.248. The molecular formula is C14H17ClFN3. The van der Waals surface area contributed by atoms with Crippen molar-refractivity contribution in [1.29, 1.82) is 0 Å². The summed E-state index contributed by atoms with van der Waals surface area (Å²) in [4.78, 5) is 0. The van der Waals surface area contributed by atoms with Crippen LogP contribution in [0.3, 0.4) is 0 Å². The molecule has 1 aromatic carbocycles. The first kappa shape index (κ1) is 14.0. The van der Waals surface area contributed by atoms with Crippen molar-refractivity contribution in [1.82, 2.24) is 15.1 Å². The Labute approximate surface area is 117 Å². The van der Waals surface area contributed by atoms with E-state index in [2.05, 4.69) is 10.4 Å². The zero-order valence-corrected chi connectivity index (χ0v) is 12.0. The van der Waals surface area contributed by atoms with Crippen LogP contribution in [0.2, 0.25) is 5.02 Å². The fraction of sp³-hybridized carbons (Fsp3) is 0.357. The van der Waals surface area contributed by atoms with Crippen molar-refractivity contribution in [3.05, 3.63) is 52.1 Å². The summed E-state index contributed by atoms with van der Waals surface area (Å²) in [6.45, 7) is 1.94. The van der Waals surface area contributed by atoms with Gasteiger partial charge in [-0.25, -0.2) is 4.39 Å². The summed E-state index contributed by atoms with van der Waals surface area (Å²) in [6.07, 6.45) is 0.658. The van der Waals surface area contributed by atoms with Gasteiger partial charge in [0.2, 0.25) is 0 Å². The fourth-order valence-electron chi connectivity index (χ4n) is 2.21. The van der Waals surface area contributed by atoms with Gasteiger partial charge in [0.15, 0.2) is 0 Å². The zero-order chi connectivity index (χ0) is 14.0. The highest BCUT2D eigenvalue weighted by Crippen LogP contribution is 2.24. The van der Waals surface area contributed by atoms with Crippen LogP contribution in [0, 0.1) is 12.7 Å². The van der Waals surface area contributed by atoms with Gasteiger partial charge in [0.25, 0.3) is 0 Å². The van der Waals surface area contributed by atoms with Crippen LogP contribution < -0.4 is 5.32 Å². The molecule has 0 fully saturated rings. The molecule has 1 heterocycles. The highest BCUT2D eigenvalue weighted by Gasteiger charge is 2.17. The standard InChI is InChI=1S/C14H17ClFN3/c1-9-6-11(19(3)18-9)8-14(17-2)12-7-10(15)4-5-13(12)16/h4-7,14,17H,8H2,1-3H3. The number of hydrogen-bond donors (Lipinski definition) is 1. The van der Waals surface area contributed by atoms with Gasteiger partial charge in [-0.15, -0.1) is 0 Å². The van der Waals surface area contributed by atoms with Crippen LogP contribution >= 0.6 is 11.6 Å². The second kappa shape index (κ2) is 5.72. The Morgan fingerprint density at radius 2 is 2.16 bits per heavy atom. The highest BCUT2D eigenvalue weighted by molar-refractivity contribution is 6.30. The molecule has 2 rings (SSSR count). The van der Waals surface area contributed by atoms with E-state index in [1.165, 1.54) is 6.07 Å². The molecule has 0 saturated carbocycles. The summed E-state index contributed by atoms with van der Waals surface area (Å²) in [5.74, 6) is -0.248. The minimum Gasteiger partial charge on any atom is -0.313 e. The van der Waals surface area contributed by atoms with Gasteiger partial charge in [0.1, 0.15) is 5.82 Å². The monoisotopic (exact) mass is 281 g/mol. The normalized spacial score (nSPS) is 12.7. The molecule has 5 heteroatoms. The second-order valence-corrected chi connectivity index (χ2v) is 5.05. The van der Waals surface area contributed by atoms with Crippen molar-refractivity contribution in [2.24, 2.45) is 7.05 Å². The lowest BCUT2D eigenvalue weighted by molar-refractivity contribution is 0.519. The van der Waals surface area contributed by atoms with E-state index in [0.29, 0.717) is 17.0 Å². The fourth-order valence-corrected chi connectivity index (χ4v) is 2.39. The topological polar surface area (TPSA) is 29.9 Å². The summed E-state index contributed by atoms with van der Waals surface area (Å²) < 4.78 is 15.7. The molecule has 1 atom stereocenters. The Morgan fingerprint density at radius 3 is 2.74 bits per heavy atom. The third-order valence-corrected chi connectivity index (χ3v) is 3.43. The van der Waals surface area contributed by atoms with Gasteiger partial charge in [-0.2, -0.15) is 5.10 Å². The number of benzene rings is 1. The number of rotatable bonds is 4. The molecule has 0 amide bonds. The van der Waals surface area contributed by atoms with E-state index < -0.39 is 0 Å². The maximum absolute atomic E-state index is 13.9. The van der Waals surface area contributed by atoms with Crippen molar-refractivity contribution in [3.8, 4) is 0 Å². The molecule has 3 nitrogen and oxygen atoms in total. The van der Waals surface area contributed by atoms with Crippen molar-refractivity contribution < 1.29 is 4.39 Å². The van der Waals surface area contributed by atoms with Gasteiger partial charge in [0.05, 0.1) is 5.69 Å². The molecule has 2 aromatic rings. The zero-order valence-electron chi connectivity index (χ0n) is 11.2. The first-order valence-corrected chi connectivity index (χ1v) is 6.50. The van der Waals surface area contributed by atoms with Crippen LogP contribution in [-0.2, 0) is 13.5 Å². The molecule has 102 valence electrons. The van der Waals surface area contributed by atoms with Crippen molar-refractivity contribution >= 4 is 11.6 Å². The van der Waals surface area contributed by atoms with Gasteiger partial charge >= 0.3 is 0 Å². The van der Waals surface area contributed by atoms with Crippen molar-refractivity contribution in [3.63, 3.8) is 0 Å². The van der Waals surface area contributed by atoms with E-state index in [4.69, 9.17) is 11.6 Å². The molecule has 1 N–H and O–H groups in total. The number of hydrogen-bond acceptors (Lipinski definition) is 2. The van der Waals surface area contributed by atoms with Gasteiger partial charge in [-0.1, -0.05) is 11.6 Å². The van der Waals surface area contributed by atoms with E-state index in [1.807, 2.05) is 31.8 Å². The van der Waals surface area contributed by atoms with Crippen LogP contribution in [0.4, 0.5) is 4.39 Å². The lowest BCUT2D eigenvalue weighted by Crippen LogP contribution is -2.21. The van der Waals surface area contributed by atoms with Crippen molar-refractivity contribution in [2.45, 2.75) is 19.4 Å². The van der Waals surface area contributed by atoms with Crippen LogP contribution in [0.25, 0.3) is 0 Å². The average molecular weight is 282 g/mol. The number of likely N-dealkylation sites (N-methyl/N-ethyl adjacent to an activating group) is 1. The van der Waals surface area contributed by atoms with Gasteiger partial charge in [-0.3, -0.25) is 4.68 Å². The van der Waals surface area contributed by atoms with E-state index in [0.717, 1.165) is 11.4 Å². The summed E-state index contributed by atoms with van der Waals surface area (Å²) in [6, 6.07) is 6.50. The van der Waals surface area contributed by atoms with E-state index in [1.54, 1.807) is 12.1 Å². The highest BCUT2D eigenvalue weighted by atomic mass is 35.5. The van der Waals surface area contributed by atoms with Gasteiger partial charge in [-0.05, 0) is 38.2 Å². The number of aryl methyl sites for hydroxylation is 2. The number of nitrogens with zero attached hydrogens (tertiary/aromatic N) is 2. The third-order valence-electron chi connectivity index (χ3n) is 3.19. The van der Waals surface area contributed by atoms with Crippen LogP contribution in [0.5, 0.6) is 0 Å². The largest absolute Gasteiger partial charge is 0.313 e. The molecule has 0 aliphatic heterocycles. The SMILES string of the molecule is CNC(Cc1cc(C)nn1C)c1cc(Cl)ccc1F. The molecule has 19 heavy (non-hydrogen) atoms. The summed E-state index contributed by atoms with van der Waals surface area (Å²) in [5, 5.41) is 7.97. The summed E-state index contributed by atoms with van der Waals surface area (Å²) in [5.41, 5.74) is 2.59. The van der Waals surface area contributed by atoms with Gasteiger partial charge < -0.3 is 5.32 Å². The van der Waals surface area contributed by atoms with Crippen LogP contribution in [0.1, 0.15) is 23.0 Å². The number of halogens is 2. The molecule has 0 bridgehead atoms. The lowest BCUT2D eigenvalue weighted by Gasteiger charge is -2.17. The van der Waals surface area contributed by atoms with E-state index in [-0.39, 0.29) is 11.9 Å². The average Bonchev–Trinajstić information content (AvgIpc) is 2.68. The van der Waals surface area contributed by atoms with Crippen LogP contribution in [-0.4, -0.2) is 16.8 Å². The Hall–Kier alpha value is -1.39. The number of aromatic nitrogens is 2. The number of nitrogens with one attached hydrogen (secondary N) is 1. The molecule has 0 aliphatic rings. The van der Waals surface area contributed by atoms with Crippen molar-refractivity contribution in [2.75, 3.05) is 7.05 Å². The Balaban J connectivity index is 2.30. The Kier molecular flexibility index (Phi) is 4.22. The quantitative estimate of drug-likeness (QED) is 0.934. The Morgan fingerprint density at radius 1 is 1.42 bits per heavy atom. The molecule has 0 aliphatic carbocycles. The molecule has 1 aromatic heterocycles. The first-order valence-electron chi connectivity index (χ1n) is 6.13.